The maximum absolute atomic E-state index is 10.0. The van der Waals surface area contributed by atoms with E-state index in [1.807, 2.05) is 0 Å². The average molecular weight is 663 g/mol. The average Bonchev–Trinajstić information content (AvgIpc) is 2.94. The van der Waals surface area contributed by atoms with E-state index >= 15 is 0 Å². The molecule has 0 amide bonds. The number of carboxylic acid groups (broad SMARTS) is 1. The molecule has 0 aliphatic carbocycles. The van der Waals surface area contributed by atoms with Crippen LogP contribution in [0.2, 0.25) is 13.3 Å². The predicted octanol–water partition coefficient (Wildman–Crippen LogP) is 10.8. The van der Waals surface area contributed by atoms with Crippen LogP contribution in [-0.2, 0) is 21.0 Å². The van der Waals surface area contributed by atoms with Gasteiger partial charge in [0.25, 0.3) is 0 Å². The zero-order valence-electron chi connectivity index (χ0n) is 26.9. The molecule has 3 aromatic carbocycles. The van der Waals surface area contributed by atoms with Crippen molar-refractivity contribution in [3.8, 4) is 0 Å². The fraction of sp³-hybridized carbons (Fsp3) is 0.500. The predicted molar refractivity (Wildman–Crippen MR) is 180 cm³/mol. The first-order valence-corrected chi connectivity index (χ1v) is 21.6. The monoisotopic (exact) mass is 663 g/mol. The van der Waals surface area contributed by atoms with Crippen molar-refractivity contribution in [2.45, 2.75) is 117 Å². The summed E-state index contributed by atoms with van der Waals surface area (Å²) in [4.78, 5) is 10.0. The van der Waals surface area contributed by atoms with Gasteiger partial charge < -0.3 is 5.11 Å². The first kappa shape index (κ1) is 35.1. The smallest absolute Gasteiger partial charge is 0.303 e. The fourth-order valence-corrected chi connectivity index (χ4v) is 19.4. The Morgan fingerprint density at radius 3 is 1.17 bits per heavy atom. The minimum absolute atomic E-state index is 0.232. The molecule has 1 N–H and O–H groups in total. The summed E-state index contributed by atoms with van der Waals surface area (Å²) in [6.07, 6.45) is 5.88. The van der Waals surface area contributed by atoms with Gasteiger partial charge in [0.15, 0.2) is 0 Å². The van der Waals surface area contributed by atoms with Gasteiger partial charge in [0.1, 0.15) is 0 Å². The van der Waals surface area contributed by atoms with Crippen molar-refractivity contribution >= 4 is 25.7 Å². The third kappa shape index (κ3) is 12.8. The Bertz CT molecular complexity index is 994. The second-order valence-electron chi connectivity index (χ2n) is 13.6. The van der Waals surface area contributed by atoms with Crippen LogP contribution in [0.25, 0.3) is 0 Å². The number of benzene rings is 3. The summed E-state index contributed by atoms with van der Waals surface area (Å²) in [5.41, 5.74) is 5.16. The fourth-order valence-electron chi connectivity index (χ4n) is 5.92. The van der Waals surface area contributed by atoms with Gasteiger partial charge in [0, 0.05) is 6.42 Å². The molecule has 3 rings (SSSR count). The maximum Gasteiger partial charge on any atom is 0.303 e. The largest absolute Gasteiger partial charge is 0.481 e. The van der Waals surface area contributed by atoms with Gasteiger partial charge >= 0.3 is 205 Å². The topological polar surface area (TPSA) is 37.3 Å². The Hall–Kier alpha value is -2.07. The van der Waals surface area contributed by atoms with Crippen LogP contribution in [0.15, 0.2) is 91.0 Å². The van der Waals surface area contributed by atoms with Gasteiger partial charge in [-0.05, 0) is 6.42 Å². The summed E-state index contributed by atoms with van der Waals surface area (Å²) in [5, 5.41) is 8.27. The SMILES string of the molecule is CC(C)([CH2][Sn]([CH2]C(C)(C)c1ccccc1)[CH2]C(C)(C)c1ccccc1)c1ccccc1.CCCCCCCC(=O)O. The van der Waals surface area contributed by atoms with Gasteiger partial charge in [-0.15, -0.1) is 0 Å². The molecule has 3 heteroatoms. The van der Waals surface area contributed by atoms with Crippen LogP contribution in [0.4, 0.5) is 0 Å². The van der Waals surface area contributed by atoms with E-state index in [1.54, 1.807) is 0 Å². The molecule has 0 aliphatic heterocycles. The van der Waals surface area contributed by atoms with Crippen LogP contribution >= 0.6 is 0 Å². The quantitative estimate of drug-likeness (QED) is 0.130. The van der Waals surface area contributed by atoms with E-state index < -0.39 is 25.7 Å². The van der Waals surface area contributed by atoms with Gasteiger partial charge in [-0.1, -0.05) is 32.6 Å². The van der Waals surface area contributed by atoms with Crippen LogP contribution in [-0.4, -0.2) is 30.8 Å². The summed E-state index contributed by atoms with van der Waals surface area (Å²) in [7, 11) is 0. The van der Waals surface area contributed by atoms with Crippen molar-refractivity contribution in [2.75, 3.05) is 0 Å². The Labute approximate surface area is 258 Å². The van der Waals surface area contributed by atoms with E-state index in [2.05, 4.69) is 139 Å². The van der Waals surface area contributed by atoms with Crippen molar-refractivity contribution in [1.82, 2.24) is 0 Å². The Morgan fingerprint density at radius 2 is 0.878 bits per heavy atom. The van der Waals surface area contributed by atoms with Crippen molar-refractivity contribution in [3.05, 3.63) is 108 Å². The summed E-state index contributed by atoms with van der Waals surface area (Å²) >= 11 is -1.84. The zero-order valence-corrected chi connectivity index (χ0v) is 29.7. The molecule has 41 heavy (non-hydrogen) atoms. The number of rotatable bonds is 15. The van der Waals surface area contributed by atoms with E-state index in [0.717, 1.165) is 12.8 Å². The normalized spacial score (nSPS) is 12.1. The molecule has 1 radical (unpaired) electrons. The van der Waals surface area contributed by atoms with Gasteiger partial charge in [-0.2, -0.15) is 0 Å². The van der Waals surface area contributed by atoms with Crippen molar-refractivity contribution in [2.24, 2.45) is 0 Å². The molecule has 223 valence electrons. The number of hydrogen-bond acceptors (Lipinski definition) is 1. The molecule has 0 saturated carbocycles. The standard InChI is InChI=1S/3C10H13.C8H16O2.Sn/c3*1-10(2,3)9-7-5-4-6-8-9;1-2-3-4-5-6-7-8(9)10;/h3*4-8H,1H2,2-3H3;2-7H2,1H3,(H,9,10);. The molecule has 3 aromatic rings. The summed E-state index contributed by atoms with van der Waals surface area (Å²) < 4.78 is 4.14. The molecule has 2 nitrogen and oxygen atoms in total. The summed E-state index contributed by atoms with van der Waals surface area (Å²) in [6, 6.07) is 33.5. The molecule has 0 saturated heterocycles. The Kier molecular flexibility index (Phi) is 14.7. The van der Waals surface area contributed by atoms with Crippen molar-refractivity contribution < 1.29 is 9.90 Å². The third-order valence-corrected chi connectivity index (χ3v) is 20.1. The van der Waals surface area contributed by atoms with Crippen LogP contribution in [0.3, 0.4) is 0 Å². The van der Waals surface area contributed by atoms with Gasteiger partial charge in [-0.25, -0.2) is 0 Å². The molecule has 0 unspecified atom stereocenters. The first-order chi connectivity index (χ1) is 19.4. The number of aliphatic carboxylic acids is 1. The van der Waals surface area contributed by atoms with Crippen LogP contribution in [0.5, 0.6) is 0 Å². The number of hydrogen-bond donors (Lipinski definition) is 1. The second-order valence-corrected chi connectivity index (χ2v) is 20.9. The van der Waals surface area contributed by atoms with Gasteiger partial charge in [0.05, 0.1) is 0 Å². The molecule has 0 fully saturated rings. The molecular formula is C38H55O2Sn. The molecule has 0 spiro atoms. The van der Waals surface area contributed by atoms with E-state index in [4.69, 9.17) is 5.11 Å². The molecule has 0 atom stereocenters. The number of unbranched alkanes of at least 4 members (excludes halogenated alkanes) is 4. The molecule has 0 aliphatic rings. The Morgan fingerprint density at radius 1 is 0.561 bits per heavy atom. The summed E-state index contributed by atoms with van der Waals surface area (Å²) in [6.45, 7) is 16.9. The molecule has 0 heterocycles. The minimum atomic E-state index is -1.84. The number of carbonyl (C=O) groups is 1. The van der Waals surface area contributed by atoms with E-state index in [-0.39, 0.29) is 16.2 Å². The molecule has 0 aromatic heterocycles. The van der Waals surface area contributed by atoms with E-state index in [9.17, 15) is 4.79 Å². The van der Waals surface area contributed by atoms with Crippen molar-refractivity contribution in [3.63, 3.8) is 0 Å². The van der Waals surface area contributed by atoms with Gasteiger partial charge in [0.2, 0.25) is 0 Å². The summed E-state index contributed by atoms with van der Waals surface area (Å²) in [5.74, 6) is -0.670. The third-order valence-electron chi connectivity index (χ3n) is 8.24. The van der Waals surface area contributed by atoms with Crippen LogP contribution in [0.1, 0.15) is 104 Å². The van der Waals surface area contributed by atoms with Crippen LogP contribution in [0, 0.1) is 0 Å². The minimum Gasteiger partial charge on any atom is -0.481 e. The van der Waals surface area contributed by atoms with Crippen molar-refractivity contribution in [1.29, 1.82) is 0 Å². The Balaban J connectivity index is 0.000000503. The molecule has 0 bridgehead atoms. The van der Waals surface area contributed by atoms with E-state index in [1.165, 1.54) is 49.3 Å². The molecular weight excluding hydrogens is 607 g/mol. The van der Waals surface area contributed by atoms with E-state index in [0.29, 0.717) is 6.42 Å². The van der Waals surface area contributed by atoms with Gasteiger partial charge in [-0.3, -0.25) is 4.79 Å². The first-order valence-electron chi connectivity index (χ1n) is 15.6. The maximum atomic E-state index is 10.0. The number of carboxylic acids is 1. The second kappa shape index (κ2) is 17.1. The zero-order chi connectivity index (χ0) is 30.4. The van der Waals surface area contributed by atoms with Crippen LogP contribution < -0.4 is 0 Å².